The summed E-state index contributed by atoms with van der Waals surface area (Å²) in [6.45, 7) is 4.37. The number of benzene rings is 1. The Morgan fingerprint density at radius 3 is 2.71 bits per heavy atom. The summed E-state index contributed by atoms with van der Waals surface area (Å²) in [6, 6.07) is 2.77. The molecule has 1 amide bonds. The van der Waals surface area contributed by atoms with Crippen molar-refractivity contribution in [3.8, 4) is 0 Å². The molecule has 0 bridgehead atoms. The first-order valence-electron chi connectivity index (χ1n) is 6.91. The fraction of sp³-hybridized carbons (Fsp3) is 0.357. The number of carbonyl (C=O) groups is 1. The van der Waals surface area contributed by atoms with Gasteiger partial charge in [-0.25, -0.2) is 0 Å². The number of thioether (sulfide) groups is 1. The summed E-state index contributed by atoms with van der Waals surface area (Å²) >= 11 is 6.99. The normalized spacial score (nSPS) is 11.6. The Morgan fingerprint density at radius 2 is 2.08 bits per heavy atom. The first kappa shape index (κ1) is 18.6. The van der Waals surface area contributed by atoms with E-state index in [2.05, 4.69) is 15.5 Å². The smallest absolute Gasteiger partial charge is 0.324 e. The van der Waals surface area contributed by atoms with Crippen molar-refractivity contribution >= 4 is 35.0 Å². The summed E-state index contributed by atoms with van der Waals surface area (Å²) in [6.07, 6.45) is -4.51. The molecule has 2 rings (SSSR count). The molecule has 0 aliphatic rings. The molecule has 24 heavy (non-hydrogen) atoms. The SMILES string of the molecule is CCn1c(C)nnc1SCC(=O)Nc1cc(C(F)(F)F)ccc1Cl. The summed E-state index contributed by atoms with van der Waals surface area (Å²) in [4.78, 5) is 12.0. The molecule has 5 nitrogen and oxygen atoms in total. The lowest BCUT2D eigenvalue weighted by molar-refractivity contribution is -0.137. The molecule has 0 fully saturated rings. The summed E-state index contributed by atoms with van der Waals surface area (Å²) < 4.78 is 40.0. The maximum atomic E-state index is 12.7. The number of anilines is 1. The number of carbonyl (C=O) groups excluding carboxylic acids is 1. The van der Waals surface area contributed by atoms with Crippen LogP contribution in [0.5, 0.6) is 0 Å². The third-order valence-electron chi connectivity index (χ3n) is 3.12. The van der Waals surface area contributed by atoms with Gasteiger partial charge in [0.15, 0.2) is 5.16 Å². The molecule has 0 aliphatic carbocycles. The molecule has 0 atom stereocenters. The lowest BCUT2D eigenvalue weighted by Gasteiger charge is -2.11. The molecule has 1 aromatic carbocycles. The van der Waals surface area contributed by atoms with Crippen LogP contribution in [0, 0.1) is 6.92 Å². The zero-order valence-corrected chi connectivity index (χ0v) is 14.4. The summed E-state index contributed by atoms with van der Waals surface area (Å²) in [5.74, 6) is 0.218. The van der Waals surface area contributed by atoms with Crippen molar-refractivity contribution in [2.45, 2.75) is 31.7 Å². The van der Waals surface area contributed by atoms with Gasteiger partial charge in [0.05, 0.1) is 22.0 Å². The molecule has 130 valence electrons. The van der Waals surface area contributed by atoms with E-state index in [0.29, 0.717) is 11.7 Å². The van der Waals surface area contributed by atoms with Gasteiger partial charge in [0.25, 0.3) is 0 Å². The Bertz CT molecular complexity index is 748. The van der Waals surface area contributed by atoms with Gasteiger partial charge >= 0.3 is 6.18 Å². The third-order valence-corrected chi connectivity index (χ3v) is 4.41. The van der Waals surface area contributed by atoms with Gasteiger partial charge in [-0.15, -0.1) is 10.2 Å². The molecule has 0 aliphatic heterocycles. The predicted octanol–water partition coefficient (Wildman–Crippen LogP) is 4.01. The number of aromatic nitrogens is 3. The van der Waals surface area contributed by atoms with Gasteiger partial charge in [-0.05, 0) is 32.0 Å². The van der Waals surface area contributed by atoms with Crippen LogP contribution in [-0.4, -0.2) is 26.4 Å². The maximum absolute atomic E-state index is 12.7. The van der Waals surface area contributed by atoms with Crippen LogP contribution in [0.4, 0.5) is 18.9 Å². The van der Waals surface area contributed by atoms with E-state index in [9.17, 15) is 18.0 Å². The highest BCUT2D eigenvalue weighted by Gasteiger charge is 2.31. The number of alkyl halides is 3. The first-order valence-corrected chi connectivity index (χ1v) is 8.28. The Kier molecular flexibility index (Phi) is 5.76. The number of aryl methyl sites for hydroxylation is 1. The fourth-order valence-corrected chi connectivity index (χ4v) is 2.96. The quantitative estimate of drug-likeness (QED) is 0.799. The molecule has 0 spiro atoms. The Labute approximate surface area is 145 Å². The zero-order chi connectivity index (χ0) is 17.9. The van der Waals surface area contributed by atoms with E-state index in [1.807, 2.05) is 11.5 Å². The van der Waals surface area contributed by atoms with E-state index in [0.717, 1.165) is 35.8 Å². The van der Waals surface area contributed by atoms with Crippen molar-refractivity contribution < 1.29 is 18.0 Å². The average Bonchev–Trinajstić information content (AvgIpc) is 2.86. The van der Waals surface area contributed by atoms with Gasteiger partial charge in [0, 0.05) is 6.54 Å². The molecular weight excluding hydrogens is 365 g/mol. The highest BCUT2D eigenvalue weighted by Crippen LogP contribution is 2.33. The van der Waals surface area contributed by atoms with Crippen LogP contribution >= 0.6 is 23.4 Å². The molecule has 1 N–H and O–H groups in total. The molecule has 0 saturated heterocycles. The first-order chi connectivity index (χ1) is 11.2. The van der Waals surface area contributed by atoms with E-state index < -0.39 is 17.6 Å². The van der Waals surface area contributed by atoms with E-state index in [1.165, 1.54) is 0 Å². The standard InChI is InChI=1S/C14H14ClF3N4OS/c1-3-22-8(2)20-21-13(22)24-7-12(23)19-11-6-9(14(16,17)18)4-5-10(11)15/h4-6H,3,7H2,1-2H3,(H,19,23). The summed E-state index contributed by atoms with van der Waals surface area (Å²) in [5, 5.41) is 10.9. The third kappa shape index (κ3) is 4.41. The molecule has 1 heterocycles. The van der Waals surface area contributed by atoms with E-state index in [-0.39, 0.29) is 16.5 Å². The highest BCUT2D eigenvalue weighted by molar-refractivity contribution is 7.99. The van der Waals surface area contributed by atoms with E-state index >= 15 is 0 Å². The van der Waals surface area contributed by atoms with Gasteiger partial charge in [-0.2, -0.15) is 13.2 Å². The van der Waals surface area contributed by atoms with Crippen molar-refractivity contribution in [1.82, 2.24) is 14.8 Å². The lowest BCUT2D eigenvalue weighted by Crippen LogP contribution is -2.16. The Balaban J connectivity index is 2.04. The van der Waals surface area contributed by atoms with E-state index in [1.54, 1.807) is 6.92 Å². The van der Waals surface area contributed by atoms with Crippen LogP contribution < -0.4 is 5.32 Å². The van der Waals surface area contributed by atoms with Gasteiger partial charge < -0.3 is 9.88 Å². The largest absolute Gasteiger partial charge is 0.416 e. The number of nitrogens with one attached hydrogen (secondary N) is 1. The van der Waals surface area contributed by atoms with Crippen molar-refractivity contribution in [3.05, 3.63) is 34.6 Å². The number of hydrogen-bond acceptors (Lipinski definition) is 4. The Morgan fingerprint density at radius 1 is 1.38 bits per heavy atom. The second kappa shape index (κ2) is 7.43. The van der Waals surface area contributed by atoms with Crippen LogP contribution in [-0.2, 0) is 17.5 Å². The van der Waals surface area contributed by atoms with Crippen molar-refractivity contribution in [2.75, 3.05) is 11.1 Å². The molecule has 2 aromatic rings. The number of hydrogen-bond donors (Lipinski definition) is 1. The minimum atomic E-state index is -4.51. The molecular formula is C14H14ClF3N4OS. The lowest BCUT2D eigenvalue weighted by atomic mass is 10.2. The second-order valence-corrected chi connectivity index (χ2v) is 6.15. The minimum Gasteiger partial charge on any atom is -0.324 e. The number of amides is 1. The predicted molar refractivity (Wildman–Crippen MR) is 86.2 cm³/mol. The summed E-state index contributed by atoms with van der Waals surface area (Å²) in [5.41, 5.74) is -0.957. The van der Waals surface area contributed by atoms with Crippen LogP contribution in [0.1, 0.15) is 18.3 Å². The molecule has 10 heteroatoms. The zero-order valence-electron chi connectivity index (χ0n) is 12.8. The Hall–Kier alpha value is -1.74. The molecule has 0 unspecified atom stereocenters. The van der Waals surface area contributed by atoms with Gasteiger partial charge in [-0.3, -0.25) is 4.79 Å². The maximum Gasteiger partial charge on any atom is 0.416 e. The van der Waals surface area contributed by atoms with Crippen LogP contribution in [0.2, 0.25) is 5.02 Å². The topological polar surface area (TPSA) is 59.8 Å². The molecule has 1 aromatic heterocycles. The van der Waals surface area contributed by atoms with Gasteiger partial charge in [0.2, 0.25) is 5.91 Å². The second-order valence-electron chi connectivity index (χ2n) is 4.80. The minimum absolute atomic E-state index is 0.0231. The number of nitrogens with zero attached hydrogens (tertiary/aromatic N) is 3. The number of rotatable bonds is 5. The monoisotopic (exact) mass is 378 g/mol. The fourth-order valence-electron chi connectivity index (χ4n) is 1.95. The van der Waals surface area contributed by atoms with Gasteiger partial charge in [0.1, 0.15) is 5.82 Å². The van der Waals surface area contributed by atoms with Crippen molar-refractivity contribution in [2.24, 2.45) is 0 Å². The van der Waals surface area contributed by atoms with Crippen molar-refractivity contribution in [3.63, 3.8) is 0 Å². The summed E-state index contributed by atoms with van der Waals surface area (Å²) in [7, 11) is 0. The average molecular weight is 379 g/mol. The van der Waals surface area contributed by atoms with Crippen LogP contribution in [0.3, 0.4) is 0 Å². The highest BCUT2D eigenvalue weighted by atomic mass is 35.5. The van der Waals surface area contributed by atoms with Crippen molar-refractivity contribution in [1.29, 1.82) is 0 Å². The molecule has 0 saturated carbocycles. The van der Waals surface area contributed by atoms with E-state index in [4.69, 9.17) is 11.6 Å². The molecule has 0 radical (unpaired) electrons. The van der Waals surface area contributed by atoms with Gasteiger partial charge in [-0.1, -0.05) is 23.4 Å². The van der Waals surface area contributed by atoms with Crippen LogP contribution in [0.25, 0.3) is 0 Å². The van der Waals surface area contributed by atoms with Crippen LogP contribution in [0.15, 0.2) is 23.4 Å². The number of halogens is 4.